The molecule has 0 bridgehead atoms. The molecule has 6 nitrogen and oxygen atoms in total. The van der Waals surface area contributed by atoms with Gasteiger partial charge in [0.2, 0.25) is 0 Å². The van der Waals surface area contributed by atoms with Gasteiger partial charge in [0.1, 0.15) is 11.5 Å². The standard InChI is InChI=1S/C22H27BrN2O4/c1-16(29-20-9-5-18(23)6-10-20)22(26)24-15-21(25-11-13-28-14-12-25)17-3-7-19(27-2)8-4-17/h3-10,16,21H,11-15H2,1-2H3,(H,24,26)/t16-,21-/m0/s1. The zero-order valence-corrected chi connectivity index (χ0v) is 18.4. The van der Waals surface area contributed by atoms with Crippen molar-refractivity contribution < 1.29 is 19.0 Å². The molecule has 29 heavy (non-hydrogen) atoms. The van der Waals surface area contributed by atoms with E-state index in [1.807, 2.05) is 48.5 Å². The van der Waals surface area contributed by atoms with Crippen LogP contribution >= 0.6 is 15.9 Å². The average molecular weight is 463 g/mol. The van der Waals surface area contributed by atoms with E-state index in [0.29, 0.717) is 25.5 Å². The van der Waals surface area contributed by atoms with E-state index in [-0.39, 0.29) is 11.9 Å². The zero-order chi connectivity index (χ0) is 20.6. The quantitative estimate of drug-likeness (QED) is 0.651. The van der Waals surface area contributed by atoms with Crippen LogP contribution in [-0.4, -0.2) is 56.9 Å². The molecule has 0 radical (unpaired) electrons. The van der Waals surface area contributed by atoms with Crippen LogP contribution in [0.5, 0.6) is 11.5 Å². The predicted octanol–water partition coefficient (Wildman–Crippen LogP) is 3.41. The van der Waals surface area contributed by atoms with Gasteiger partial charge in [-0.25, -0.2) is 0 Å². The van der Waals surface area contributed by atoms with Gasteiger partial charge in [0, 0.05) is 24.1 Å². The molecule has 0 saturated carbocycles. The van der Waals surface area contributed by atoms with Crippen LogP contribution in [0.2, 0.25) is 0 Å². The number of amides is 1. The second-order valence-corrected chi connectivity index (χ2v) is 7.81. The summed E-state index contributed by atoms with van der Waals surface area (Å²) in [5.41, 5.74) is 1.13. The van der Waals surface area contributed by atoms with E-state index < -0.39 is 6.10 Å². The van der Waals surface area contributed by atoms with Gasteiger partial charge in [0.25, 0.3) is 5.91 Å². The highest BCUT2D eigenvalue weighted by atomic mass is 79.9. The van der Waals surface area contributed by atoms with Gasteiger partial charge in [-0.3, -0.25) is 9.69 Å². The Morgan fingerprint density at radius 3 is 2.34 bits per heavy atom. The number of carbonyl (C=O) groups is 1. The van der Waals surface area contributed by atoms with Gasteiger partial charge in [-0.15, -0.1) is 0 Å². The van der Waals surface area contributed by atoms with E-state index >= 15 is 0 Å². The van der Waals surface area contributed by atoms with Crippen LogP contribution in [0, 0.1) is 0 Å². The smallest absolute Gasteiger partial charge is 0.260 e. The summed E-state index contributed by atoms with van der Waals surface area (Å²) in [6.45, 7) is 5.32. The fourth-order valence-electron chi connectivity index (χ4n) is 3.28. The van der Waals surface area contributed by atoms with Crippen LogP contribution in [-0.2, 0) is 9.53 Å². The fraction of sp³-hybridized carbons (Fsp3) is 0.409. The average Bonchev–Trinajstić information content (AvgIpc) is 2.76. The molecular weight excluding hydrogens is 436 g/mol. The number of nitrogens with one attached hydrogen (secondary N) is 1. The maximum atomic E-state index is 12.6. The van der Waals surface area contributed by atoms with Crippen molar-refractivity contribution in [3.8, 4) is 11.5 Å². The molecule has 1 amide bonds. The molecule has 1 fully saturated rings. The van der Waals surface area contributed by atoms with Gasteiger partial charge < -0.3 is 19.5 Å². The number of morpholine rings is 1. The monoisotopic (exact) mass is 462 g/mol. The molecule has 0 aromatic heterocycles. The number of rotatable bonds is 8. The van der Waals surface area contributed by atoms with E-state index in [1.165, 1.54) is 0 Å². The van der Waals surface area contributed by atoms with Crippen molar-refractivity contribution in [2.75, 3.05) is 40.0 Å². The molecule has 2 atom stereocenters. The van der Waals surface area contributed by atoms with Crippen LogP contribution < -0.4 is 14.8 Å². The molecule has 1 aliphatic rings. The van der Waals surface area contributed by atoms with E-state index in [1.54, 1.807) is 14.0 Å². The molecule has 0 aliphatic carbocycles. The van der Waals surface area contributed by atoms with Gasteiger partial charge in [-0.1, -0.05) is 28.1 Å². The minimum absolute atomic E-state index is 0.0636. The van der Waals surface area contributed by atoms with Crippen molar-refractivity contribution in [1.29, 1.82) is 0 Å². The second kappa shape index (κ2) is 10.6. The minimum Gasteiger partial charge on any atom is -0.497 e. The molecule has 2 aromatic rings. The van der Waals surface area contributed by atoms with Gasteiger partial charge in [-0.05, 0) is 48.9 Å². The molecule has 0 spiro atoms. The number of hydrogen-bond donors (Lipinski definition) is 1. The highest BCUT2D eigenvalue weighted by Crippen LogP contribution is 2.24. The molecule has 3 rings (SSSR count). The maximum Gasteiger partial charge on any atom is 0.260 e. The number of hydrogen-bond acceptors (Lipinski definition) is 5. The summed E-state index contributed by atoms with van der Waals surface area (Å²) in [7, 11) is 1.65. The summed E-state index contributed by atoms with van der Waals surface area (Å²) >= 11 is 3.39. The third-order valence-corrected chi connectivity index (χ3v) is 5.48. The number of halogens is 1. The lowest BCUT2D eigenvalue weighted by Crippen LogP contribution is -2.45. The Hall–Kier alpha value is -2.09. The molecule has 156 valence electrons. The Kier molecular flexibility index (Phi) is 7.91. The molecule has 0 unspecified atom stereocenters. The lowest BCUT2D eigenvalue weighted by atomic mass is 10.0. The van der Waals surface area contributed by atoms with Crippen molar-refractivity contribution in [2.24, 2.45) is 0 Å². The first-order chi connectivity index (χ1) is 14.1. The van der Waals surface area contributed by atoms with E-state index in [0.717, 1.165) is 28.9 Å². The number of nitrogens with zero attached hydrogens (tertiary/aromatic N) is 1. The Balaban J connectivity index is 1.63. The normalized spacial score (nSPS) is 16.7. The summed E-state index contributed by atoms with van der Waals surface area (Å²) in [5, 5.41) is 3.05. The topological polar surface area (TPSA) is 60.0 Å². The maximum absolute atomic E-state index is 12.6. The van der Waals surface area contributed by atoms with Gasteiger partial charge in [0.05, 0.1) is 26.4 Å². The Bertz CT molecular complexity index is 776. The SMILES string of the molecule is COc1ccc([C@H](CNC(=O)[C@H](C)Oc2ccc(Br)cc2)N2CCOCC2)cc1. The molecule has 1 heterocycles. The lowest BCUT2D eigenvalue weighted by molar-refractivity contribution is -0.127. The molecule has 1 aliphatic heterocycles. The van der Waals surface area contributed by atoms with Crippen molar-refractivity contribution in [1.82, 2.24) is 10.2 Å². The first-order valence-corrected chi connectivity index (χ1v) is 10.5. The van der Waals surface area contributed by atoms with Crippen LogP contribution in [0.25, 0.3) is 0 Å². The van der Waals surface area contributed by atoms with Gasteiger partial charge in [0.15, 0.2) is 6.10 Å². The number of benzene rings is 2. The summed E-state index contributed by atoms with van der Waals surface area (Å²) in [4.78, 5) is 15.0. The van der Waals surface area contributed by atoms with Crippen molar-refractivity contribution >= 4 is 21.8 Å². The first kappa shape index (κ1) is 21.6. The van der Waals surface area contributed by atoms with Crippen LogP contribution in [0.15, 0.2) is 53.0 Å². The Morgan fingerprint density at radius 1 is 1.10 bits per heavy atom. The lowest BCUT2D eigenvalue weighted by Gasteiger charge is -2.35. The largest absolute Gasteiger partial charge is 0.497 e. The Morgan fingerprint density at radius 2 is 1.72 bits per heavy atom. The third-order valence-electron chi connectivity index (χ3n) is 4.95. The first-order valence-electron chi connectivity index (χ1n) is 9.72. The van der Waals surface area contributed by atoms with Crippen LogP contribution in [0.4, 0.5) is 0 Å². The third kappa shape index (κ3) is 6.19. The molecule has 1 N–H and O–H groups in total. The Labute approximate surface area is 180 Å². The van der Waals surface area contributed by atoms with E-state index in [4.69, 9.17) is 14.2 Å². The zero-order valence-electron chi connectivity index (χ0n) is 16.8. The van der Waals surface area contributed by atoms with Crippen molar-refractivity contribution in [2.45, 2.75) is 19.1 Å². The summed E-state index contributed by atoms with van der Waals surface area (Å²) in [6, 6.07) is 15.5. The predicted molar refractivity (Wildman–Crippen MR) is 115 cm³/mol. The van der Waals surface area contributed by atoms with Crippen LogP contribution in [0.1, 0.15) is 18.5 Å². The number of ether oxygens (including phenoxy) is 3. The molecule has 1 saturated heterocycles. The minimum atomic E-state index is -0.586. The number of carbonyl (C=O) groups excluding carboxylic acids is 1. The van der Waals surface area contributed by atoms with Crippen molar-refractivity contribution in [3.05, 3.63) is 58.6 Å². The molecule has 2 aromatic carbocycles. The van der Waals surface area contributed by atoms with Crippen molar-refractivity contribution in [3.63, 3.8) is 0 Å². The highest BCUT2D eigenvalue weighted by molar-refractivity contribution is 9.10. The summed E-state index contributed by atoms with van der Waals surface area (Å²) in [5.74, 6) is 1.34. The van der Waals surface area contributed by atoms with E-state index in [2.05, 4.69) is 26.1 Å². The van der Waals surface area contributed by atoms with Crippen LogP contribution in [0.3, 0.4) is 0 Å². The summed E-state index contributed by atoms with van der Waals surface area (Å²) < 4.78 is 17.5. The second-order valence-electron chi connectivity index (χ2n) is 6.90. The highest BCUT2D eigenvalue weighted by Gasteiger charge is 2.24. The molecular formula is C22H27BrN2O4. The van der Waals surface area contributed by atoms with Gasteiger partial charge >= 0.3 is 0 Å². The van der Waals surface area contributed by atoms with Gasteiger partial charge in [-0.2, -0.15) is 0 Å². The molecule has 7 heteroatoms. The van der Waals surface area contributed by atoms with E-state index in [9.17, 15) is 4.79 Å². The number of methoxy groups -OCH3 is 1. The fourth-order valence-corrected chi connectivity index (χ4v) is 3.55. The summed E-state index contributed by atoms with van der Waals surface area (Å²) in [6.07, 6.45) is -0.586.